The fraction of sp³-hybridized carbons (Fsp3) is 0.917. The molecule has 1 rings (SSSR count). The van der Waals surface area contributed by atoms with Gasteiger partial charge >= 0.3 is 5.97 Å². The van der Waals surface area contributed by atoms with Gasteiger partial charge in [-0.1, -0.05) is 6.42 Å². The first-order valence-electron chi connectivity index (χ1n) is 6.08. The summed E-state index contributed by atoms with van der Waals surface area (Å²) in [4.78, 5) is 13.7. The number of carbonyl (C=O) groups excluding carboxylic acids is 1. The van der Waals surface area contributed by atoms with Crippen molar-refractivity contribution in [2.75, 3.05) is 26.8 Å². The zero-order valence-electron chi connectivity index (χ0n) is 10.6. The van der Waals surface area contributed by atoms with Crippen LogP contribution in [0, 0.1) is 0 Å². The minimum atomic E-state index is -0.107. The first-order chi connectivity index (χ1) is 7.65. The number of methoxy groups -OCH3 is 1. The summed E-state index contributed by atoms with van der Waals surface area (Å²) < 4.78 is 10.3. The predicted molar refractivity (Wildman–Crippen MR) is 62.3 cm³/mol. The van der Waals surface area contributed by atoms with Crippen molar-refractivity contribution in [1.29, 1.82) is 0 Å². The normalized spacial score (nSPS) is 22.4. The predicted octanol–water partition coefficient (Wildman–Crippen LogP) is 1.44. The quantitative estimate of drug-likeness (QED) is 0.669. The Morgan fingerprint density at radius 3 is 2.81 bits per heavy atom. The fourth-order valence-electron chi connectivity index (χ4n) is 2.07. The van der Waals surface area contributed by atoms with Crippen LogP contribution in [0.5, 0.6) is 0 Å². The minimum absolute atomic E-state index is 0.0606. The molecule has 0 amide bonds. The third-order valence-corrected chi connectivity index (χ3v) is 2.92. The Hall–Kier alpha value is -0.610. The third kappa shape index (κ3) is 4.10. The van der Waals surface area contributed by atoms with Gasteiger partial charge in [-0.25, -0.2) is 0 Å². The Labute approximate surface area is 97.9 Å². The summed E-state index contributed by atoms with van der Waals surface area (Å²) in [5.74, 6) is -0.107. The molecule has 0 spiro atoms. The summed E-state index contributed by atoms with van der Waals surface area (Å²) in [6.07, 6.45) is 3.44. The van der Waals surface area contributed by atoms with Crippen molar-refractivity contribution in [3.8, 4) is 0 Å². The van der Waals surface area contributed by atoms with Gasteiger partial charge in [0.05, 0.1) is 19.8 Å². The second-order valence-electron chi connectivity index (χ2n) is 4.49. The molecule has 1 atom stereocenters. The summed E-state index contributed by atoms with van der Waals surface area (Å²) in [5, 5.41) is 0. The largest absolute Gasteiger partial charge is 0.468 e. The molecule has 1 aliphatic heterocycles. The lowest BCUT2D eigenvalue weighted by molar-refractivity contribution is -0.148. The van der Waals surface area contributed by atoms with Gasteiger partial charge < -0.3 is 9.47 Å². The van der Waals surface area contributed by atoms with Crippen LogP contribution in [-0.2, 0) is 14.3 Å². The lowest BCUT2D eigenvalue weighted by Crippen LogP contribution is -2.46. The van der Waals surface area contributed by atoms with E-state index < -0.39 is 0 Å². The van der Waals surface area contributed by atoms with Crippen LogP contribution >= 0.6 is 0 Å². The number of hydrogen-bond acceptors (Lipinski definition) is 4. The Bertz CT molecular complexity index is 218. The van der Waals surface area contributed by atoms with Crippen LogP contribution in [-0.4, -0.2) is 49.8 Å². The number of piperidine rings is 1. The van der Waals surface area contributed by atoms with Gasteiger partial charge in [0.15, 0.2) is 0 Å². The maximum atomic E-state index is 11.6. The van der Waals surface area contributed by atoms with E-state index in [2.05, 4.69) is 4.90 Å². The van der Waals surface area contributed by atoms with Crippen molar-refractivity contribution >= 4 is 5.97 Å². The molecule has 0 N–H and O–H groups in total. The summed E-state index contributed by atoms with van der Waals surface area (Å²) >= 11 is 0. The molecule has 0 aliphatic carbocycles. The number of esters is 1. The molecule has 1 heterocycles. The standard InChI is InChI=1S/C12H23NO3/c1-10(2)16-9-8-13-7-5-4-6-11(13)12(14)15-3/h10-11H,4-9H2,1-3H3. The van der Waals surface area contributed by atoms with E-state index in [0.717, 1.165) is 32.4 Å². The molecule has 0 aromatic rings. The van der Waals surface area contributed by atoms with E-state index in [0.29, 0.717) is 6.61 Å². The highest BCUT2D eigenvalue weighted by molar-refractivity contribution is 5.75. The molecular formula is C12H23NO3. The molecular weight excluding hydrogens is 206 g/mol. The zero-order valence-corrected chi connectivity index (χ0v) is 10.6. The molecule has 94 valence electrons. The van der Waals surface area contributed by atoms with Gasteiger partial charge in [-0.15, -0.1) is 0 Å². The van der Waals surface area contributed by atoms with Crippen LogP contribution in [0.4, 0.5) is 0 Å². The molecule has 0 bridgehead atoms. The van der Waals surface area contributed by atoms with E-state index >= 15 is 0 Å². The monoisotopic (exact) mass is 229 g/mol. The Morgan fingerprint density at radius 2 is 2.19 bits per heavy atom. The van der Waals surface area contributed by atoms with E-state index in [1.807, 2.05) is 13.8 Å². The molecule has 0 aromatic carbocycles. The molecule has 0 saturated carbocycles. The highest BCUT2D eigenvalue weighted by Crippen LogP contribution is 2.17. The summed E-state index contributed by atoms with van der Waals surface area (Å²) in [5.41, 5.74) is 0. The van der Waals surface area contributed by atoms with Gasteiger partial charge in [0.25, 0.3) is 0 Å². The van der Waals surface area contributed by atoms with Gasteiger partial charge in [0.1, 0.15) is 6.04 Å². The average molecular weight is 229 g/mol. The van der Waals surface area contributed by atoms with Crippen LogP contribution in [0.25, 0.3) is 0 Å². The molecule has 1 aliphatic rings. The van der Waals surface area contributed by atoms with Crippen molar-refractivity contribution < 1.29 is 14.3 Å². The Morgan fingerprint density at radius 1 is 1.44 bits per heavy atom. The van der Waals surface area contributed by atoms with Crippen molar-refractivity contribution in [3.05, 3.63) is 0 Å². The second kappa shape index (κ2) is 6.86. The van der Waals surface area contributed by atoms with Crippen molar-refractivity contribution in [1.82, 2.24) is 4.90 Å². The van der Waals surface area contributed by atoms with E-state index in [-0.39, 0.29) is 18.1 Å². The molecule has 0 aromatic heterocycles. The van der Waals surface area contributed by atoms with Gasteiger partial charge in [-0.2, -0.15) is 0 Å². The van der Waals surface area contributed by atoms with Crippen molar-refractivity contribution in [2.24, 2.45) is 0 Å². The SMILES string of the molecule is COC(=O)C1CCCCN1CCOC(C)C. The zero-order chi connectivity index (χ0) is 12.0. The lowest BCUT2D eigenvalue weighted by Gasteiger charge is -2.33. The van der Waals surface area contributed by atoms with Crippen LogP contribution in [0.2, 0.25) is 0 Å². The molecule has 1 saturated heterocycles. The van der Waals surface area contributed by atoms with E-state index in [9.17, 15) is 4.79 Å². The van der Waals surface area contributed by atoms with Crippen LogP contribution < -0.4 is 0 Å². The summed E-state index contributed by atoms with van der Waals surface area (Å²) in [6, 6.07) is -0.0606. The summed E-state index contributed by atoms with van der Waals surface area (Å²) in [6.45, 7) is 6.52. The van der Waals surface area contributed by atoms with E-state index in [1.54, 1.807) is 0 Å². The topological polar surface area (TPSA) is 38.8 Å². The van der Waals surface area contributed by atoms with E-state index in [1.165, 1.54) is 7.11 Å². The van der Waals surface area contributed by atoms with Gasteiger partial charge in [-0.3, -0.25) is 9.69 Å². The van der Waals surface area contributed by atoms with Crippen molar-refractivity contribution in [2.45, 2.75) is 45.3 Å². The first-order valence-corrected chi connectivity index (χ1v) is 6.08. The number of hydrogen-bond donors (Lipinski definition) is 0. The van der Waals surface area contributed by atoms with Gasteiger partial charge in [-0.05, 0) is 33.2 Å². The molecule has 0 radical (unpaired) electrons. The molecule has 16 heavy (non-hydrogen) atoms. The smallest absolute Gasteiger partial charge is 0.323 e. The minimum Gasteiger partial charge on any atom is -0.468 e. The number of nitrogens with zero attached hydrogens (tertiary/aromatic N) is 1. The summed E-state index contributed by atoms with van der Waals surface area (Å²) in [7, 11) is 1.46. The molecule has 1 fully saturated rings. The number of carbonyl (C=O) groups is 1. The van der Waals surface area contributed by atoms with Crippen LogP contribution in [0.3, 0.4) is 0 Å². The number of rotatable bonds is 5. The third-order valence-electron chi connectivity index (χ3n) is 2.92. The Balaban J connectivity index is 2.38. The number of ether oxygens (including phenoxy) is 2. The maximum absolute atomic E-state index is 11.6. The maximum Gasteiger partial charge on any atom is 0.323 e. The first kappa shape index (κ1) is 13.5. The molecule has 1 unspecified atom stereocenters. The lowest BCUT2D eigenvalue weighted by atomic mass is 10.0. The Kier molecular flexibility index (Phi) is 5.77. The van der Waals surface area contributed by atoms with E-state index in [4.69, 9.17) is 9.47 Å². The molecule has 4 nitrogen and oxygen atoms in total. The van der Waals surface area contributed by atoms with Crippen LogP contribution in [0.1, 0.15) is 33.1 Å². The fourth-order valence-corrected chi connectivity index (χ4v) is 2.07. The van der Waals surface area contributed by atoms with Gasteiger partial charge in [0, 0.05) is 6.54 Å². The highest BCUT2D eigenvalue weighted by atomic mass is 16.5. The highest BCUT2D eigenvalue weighted by Gasteiger charge is 2.28. The van der Waals surface area contributed by atoms with Crippen LogP contribution in [0.15, 0.2) is 0 Å². The average Bonchev–Trinajstić information content (AvgIpc) is 2.28. The van der Waals surface area contributed by atoms with Crippen molar-refractivity contribution in [3.63, 3.8) is 0 Å². The number of likely N-dealkylation sites (tertiary alicyclic amines) is 1. The molecule has 4 heteroatoms. The van der Waals surface area contributed by atoms with Gasteiger partial charge in [0.2, 0.25) is 0 Å². The second-order valence-corrected chi connectivity index (χ2v) is 4.49.